The zero-order chi connectivity index (χ0) is 40.0. The quantitative estimate of drug-likeness (QED) is 0.158. The minimum Gasteiger partial charge on any atom is -0.333 e. The maximum Gasteiger partial charge on any atom is 0.0630 e. The first kappa shape index (κ1) is 35.0. The van der Waals surface area contributed by atoms with Gasteiger partial charge in [-0.25, -0.2) is 0 Å². The van der Waals surface area contributed by atoms with Crippen molar-refractivity contribution in [1.29, 1.82) is 0 Å². The fourth-order valence-electron chi connectivity index (χ4n) is 11.0. The van der Waals surface area contributed by atoms with Crippen molar-refractivity contribution >= 4 is 44.1 Å². The molecule has 0 saturated carbocycles. The van der Waals surface area contributed by atoms with Gasteiger partial charge in [0.05, 0.1) is 6.04 Å². The van der Waals surface area contributed by atoms with E-state index in [0.29, 0.717) is 0 Å². The lowest BCUT2D eigenvalue weighted by Crippen LogP contribution is -2.28. The van der Waals surface area contributed by atoms with Gasteiger partial charge in [0.2, 0.25) is 0 Å². The smallest absolute Gasteiger partial charge is 0.0630 e. The predicted octanol–water partition coefficient (Wildman–Crippen LogP) is 15.6. The van der Waals surface area contributed by atoms with E-state index in [0.717, 1.165) is 12.8 Å². The van der Waals surface area contributed by atoms with Gasteiger partial charge in [-0.2, -0.15) is 0 Å². The summed E-state index contributed by atoms with van der Waals surface area (Å²) in [6.45, 7) is 4.74. The number of para-hydroxylation sites is 1. The lowest BCUT2D eigenvalue weighted by Gasteiger charge is -2.30. The number of nitrogens with zero attached hydrogens (tertiary/aromatic N) is 1. The normalized spacial score (nSPS) is 18.2. The van der Waals surface area contributed by atoms with Crippen LogP contribution < -0.4 is 4.90 Å². The molecule has 1 aliphatic heterocycles. The highest BCUT2D eigenvalue weighted by atomic mass is 15.2. The number of hydrogen-bond acceptors (Lipinski definition) is 1. The highest BCUT2D eigenvalue weighted by molar-refractivity contribution is 6.19. The van der Waals surface area contributed by atoms with Crippen molar-refractivity contribution in [2.24, 2.45) is 0 Å². The number of rotatable bonds is 5. The van der Waals surface area contributed by atoms with Crippen molar-refractivity contribution in [3.05, 3.63) is 228 Å². The monoisotopic (exact) mass is 767 g/mol. The van der Waals surface area contributed by atoms with E-state index < -0.39 is 0 Å². The Bertz CT molecular complexity index is 3170. The van der Waals surface area contributed by atoms with Crippen molar-refractivity contribution < 1.29 is 0 Å². The van der Waals surface area contributed by atoms with Crippen molar-refractivity contribution in [1.82, 2.24) is 0 Å². The van der Waals surface area contributed by atoms with Crippen LogP contribution in [0, 0.1) is 0 Å². The average molecular weight is 768 g/mol. The number of allylic oxidation sites excluding steroid dienone is 6. The Morgan fingerprint density at radius 2 is 1.23 bits per heavy atom. The first-order valence-electron chi connectivity index (χ1n) is 21.6. The summed E-state index contributed by atoms with van der Waals surface area (Å²) in [6.07, 6.45) is 16.4. The molecule has 60 heavy (non-hydrogen) atoms. The first-order valence-corrected chi connectivity index (χ1v) is 21.6. The molecule has 3 aliphatic carbocycles. The van der Waals surface area contributed by atoms with Crippen LogP contribution >= 0.6 is 0 Å². The van der Waals surface area contributed by atoms with Crippen LogP contribution in [0.25, 0.3) is 66.1 Å². The molecule has 0 bridgehead atoms. The van der Waals surface area contributed by atoms with E-state index in [1.807, 2.05) is 0 Å². The van der Waals surface area contributed by atoms with Gasteiger partial charge in [-0.1, -0.05) is 178 Å². The Balaban J connectivity index is 1.02. The Morgan fingerprint density at radius 1 is 0.550 bits per heavy atom. The van der Waals surface area contributed by atoms with E-state index >= 15 is 0 Å². The van der Waals surface area contributed by atoms with E-state index in [-0.39, 0.29) is 17.4 Å². The van der Waals surface area contributed by atoms with E-state index in [4.69, 9.17) is 0 Å². The maximum atomic E-state index is 2.55. The first-order chi connectivity index (χ1) is 29.5. The highest BCUT2D eigenvalue weighted by Gasteiger charge is 2.39. The number of anilines is 2. The molecule has 0 spiro atoms. The van der Waals surface area contributed by atoms with Crippen molar-refractivity contribution in [3.8, 4) is 33.4 Å². The van der Waals surface area contributed by atoms with Gasteiger partial charge in [0.15, 0.2) is 0 Å². The van der Waals surface area contributed by atoms with E-state index in [2.05, 4.69) is 219 Å². The molecule has 12 rings (SSSR count). The SMILES string of the molecule is CC1(C)c2ccccc2-c2ccc(-c3ccc4c(c3)C3C=C(c5ccc6c(C7=CC=CCC7)c7ccccc7c(-c7ccccc7)c6c5)C=CC3N4c3ccccc3)cc21. The molecule has 8 aromatic carbocycles. The maximum absolute atomic E-state index is 2.55. The third kappa shape index (κ3) is 5.32. The van der Waals surface area contributed by atoms with Gasteiger partial charge in [0.1, 0.15) is 0 Å². The Labute approximate surface area is 353 Å². The topological polar surface area (TPSA) is 3.24 Å². The third-order valence-corrected chi connectivity index (χ3v) is 13.9. The minimum atomic E-state index is -0.0443. The van der Waals surface area contributed by atoms with Crippen molar-refractivity contribution in [3.63, 3.8) is 0 Å². The minimum absolute atomic E-state index is 0.0443. The molecular weight excluding hydrogens is 723 g/mol. The molecule has 0 saturated heterocycles. The van der Waals surface area contributed by atoms with Crippen LogP contribution in [0.2, 0.25) is 0 Å². The largest absolute Gasteiger partial charge is 0.333 e. The van der Waals surface area contributed by atoms with Crippen LogP contribution in [0.1, 0.15) is 60.4 Å². The van der Waals surface area contributed by atoms with Crippen LogP contribution in [-0.4, -0.2) is 6.04 Å². The second-order valence-electron chi connectivity index (χ2n) is 17.5. The van der Waals surface area contributed by atoms with Crippen LogP contribution in [0.3, 0.4) is 0 Å². The molecule has 1 heterocycles. The summed E-state index contributed by atoms with van der Waals surface area (Å²) >= 11 is 0. The molecule has 2 unspecified atom stereocenters. The lowest BCUT2D eigenvalue weighted by molar-refractivity contribution is 0.660. The highest BCUT2D eigenvalue weighted by Crippen LogP contribution is 2.53. The molecule has 8 aromatic rings. The summed E-state index contributed by atoms with van der Waals surface area (Å²) in [4.78, 5) is 2.55. The molecule has 1 nitrogen and oxygen atoms in total. The Morgan fingerprint density at radius 3 is 2.05 bits per heavy atom. The van der Waals surface area contributed by atoms with Crippen molar-refractivity contribution in [2.45, 2.75) is 44.1 Å². The molecule has 0 amide bonds. The van der Waals surface area contributed by atoms with E-state index in [1.165, 1.54) is 105 Å². The van der Waals surface area contributed by atoms with Gasteiger partial charge in [-0.3, -0.25) is 0 Å². The summed E-state index contributed by atoms with van der Waals surface area (Å²) < 4.78 is 0. The molecule has 0 radical (unpaired) electrons. The molecule has 1 heteroatoms. The van der Waals surface area contributed by atoms with Gasteiger partial charge in [-0.15, -0.1) is 0 Å². The standard InChI is InChI=1S/C59H45N/c1-59(2)53-25-15-14-22-45(53)46-30-26-43(37-54(46)59)42-29-33-56-51(35-42)50-34-41(28-32-55(50)60(56)44-20-10-5-11-21-44)40-27-31-49-52(36-40)58(39-18-8-4-9-19-39)48-24-13-12-23-47(48)57(49)38-16-6-3-7-17-38/h3-6,8-16,18-37,50,55H,7,17H2,1-2H3. The molecule has 4 aliphatic rings. The molecule has 0 fully saturated rings. The summed E-state index contributed by atoms with van der Waals surface area (Å²) in [7, 11) is 0. The van der Waals surface area contributed by atoms with Crippen LogP contribution in [0.5, 0.6) is 0 Å². The van der Waals surface area contributed by atoms with Gasteiger partial charge in [0, 0.05) is 22.7 Å². The van der Waals surface area contributed by atoms with Gasteiger partial charge < -0.3 is 4.90 Å². The molecule has 2 atom stereocenters. The number of hydrogen-bond donors (Lipinski definition) is 0. The molecule has 0 aromatic heterocycles. The van der Waals surface area contributed by atoms with Gasteiger partial charge >= 0.3 is 0 Å². The molecule has 0 N–H and O–H groups in total. The number of fused-ring (bicyclic) bond motifs is 8. The fourth-order valence-corrected chi connectivity index (χ4v) is 11.0. The Hall–Kier alpha value is -6.96. The fraction of sp³-hybridized carbons (Fsp3) is 0.119. The zero-order valence-electron chi connectivity index (χ0n) is 34.1. The second kappa shape index (κ2) is 13.5. The molecular formula is C59H45N. The molecule has 286 valence electrons. The van der Waals surface area contributed by atoms with Gasteiger partial charge in [0.25, 0.3) is 0 Å². The van der Waals surface area contributed by atoms with E-state index in [1.54, 1.807) is 0 Å². The summed E-state index contributed by atoms with van der Waals surface area (Å²) in [5, 5.41) is 5.26. The van der Waals surface area contributed by atoms with Crippen LogP contribution in [-0.2, 0) is 5.41 Å². The Kier molecular flexibility index (Phi) is 7.91. The summed E-state index contributed by atoms with van der Waals surface area (Å²) in [5.74, 6) is 0.186. The summed E-state index contributed by atoms with van der Waals surface area (Å²) in [6, 6.07) is 61.7. The second-order valence-corrected chi connectivity index (χ2v) is 17.5. The lowest BCUT2D eigenvalue weighted by atomic mass is 9.81. The van der Waals surface area contributed by atoms with E-state index in [9.17, 15) is 0 Å². The van der Waals surface area contributed by atoms with Crippen molar-refractivity contribution in [2.75, 3.05) is 4.90 Å². The number of benzene rings is 8. The van der Waals surface area contributed by atoms with Crippen LogP contribution in [0.4, 0.5) is 11.4 Å². The van der Waals surface area contributed by atoms with Crippen LogP contribution in [0.15, 0.2) is 200 Å². The summed E-state index contributed by atoms with van der Waals surface area (Å²) in [5.41, 5.74) is 19.8. The van der Waals surface area contributed by atoms with Gasteiger partial charge in [-0.05, 0) is 143 Å². The predicted molar refractivity (Wildman–Crippen MR) is 255 cm³/mol. The zero-order valence-corrected chi connectivity index (χ0v) is 34.1. The third-order valence-electron chi connectivity index (χ3n) is 13.9. The average Bonchev–Trinajstić information content (AvgIpc) is 3.75.